The van der Waals surface area contributed by atoms with Crippen molar-refractivity contribution in [1.82, 2.24) is 20.0 Å². The van der Waals surface area contributed by atoms with Crippen molar-refractivity contribution in [2.24, 2.45) is 0 Å². The van der Waals surface area contributed by atoms with E-state index >= 15 is 0 Å². The lowest BCUT2D eigenvalue weighted by Crippen LogP contribution is -2.38. The Morgan fingerprint density at radius 2 is 0.923 bits per heavy atom. The van der Waals surface area contributed by atoms with Gasteiger partial charge in [-0.05, 0) is 19.5 Å². The maximum absolute atomic E-state index is 12.3. The molecule has 0 spiro atoms. The highest BCUT2D eigenvalue weighted by atomic mass is 16.4. The number of aliphatic carboxylic acids is 4. The van der Waals surface area contributed by atoms with Crippen LogP contribution in [-0.4, -0.2) is 136 Å². The molecule has 0 rings (SSSR count). The summed E-state index contributed by atoms with van der Waals surface area (Å²) < 4.78 is 0. The molecule has 0 radical (unpaired) electrons. The van der Waals surface area contributed by atoms with Crippen LogP contribution in [0.2, 0.25) is 0 Å². The molecule has 0 bridgehead atoms. The van der Waals surface area contributed by atoms with Gasteiger partial charge < -0.3 is 40.4 Å². The van der Waals surface area contributed by atoms with E-state index in [4.69, 9.17) is 20.4 Å². The lowest BCUT2D eigenvalue weighted by Gasteiger charge is -2.22. The lowest BCUT2D eigenvalue weighted by atomic mass is 10.1. The second kappa shape index (κ2) is 21.8. The van der Waals surface area contributed by atoms with Crippen LogP contribution in [0.5, 0.6) is 0 Å². The zero-order valence-corrected chi connectivity index (χ0v) is 22.8. The van der Waals surface area contributed by atoms with E-state index in [9.17, 15) is 28.8 Å². The third-order valence-electron chi connectivity index (χ3n) is 6.06. The summed E-state index contributed by atoms with van der Waals surface area (Å²) in [6.07, 6.45) is 0.894. The van der Waals surface area contributed by atoms with Crippen LogP contribution in [0.25, 0.3) is 0 Å². The van der Waals surface area contributed by atoms with Crippen molar-refractivity contribution < 1.29 is 49.2 Å². The number of rotatable bonds is 26. The molecule has 0 aliphatic rings. The molecule has 0 unspecified atom stereocenters. The minimum Gasteiger partial charge on any atom is -0.481 e. The second-order valence-electron chi connectivity index (χ2n) is 9.18. The van der Waals surface area contributed by atoms with Crippen molar-refractivity contribution in [3.05, 3.63) is 0 Å². The lowest BCUT2D eigenvalue weighted by molar-refractivity contribution is -0.139. The minimum absolute atomic E-state index is 0.0390. The second-order valence-corrected chi connectivity index (χ2v) is 9.18. The molecule has 0 saturated carbocycles. The van der Waals surface area contributed by atoms with Gasteiger partial charge in [0.15, 0.2) is 0 Å². The predicted molar refractivity (Wildman–Crippen MR) is 140 cm³/mol. The summed E-state index contributed by atoms with van der Waals surface area (Å²) in [7, 11) is 0. The van der Waals surface area contributed by atoms with Crippen molar-refractivity contribution in [3.63, 3.8) is 0 Å². The predicted octanol–water partition coefficient (Wildman–Crippen LogP) is 0.0568. The van der Waals surface area contributed by atoms with Crippen molar-refractivity contribution in [2.45, 2.75) is 58.3 Å². The van der Waals surface area contributed by atoms with E-state index in [1.54, 1.807) is 9.80 Å². The molecular weight excluding hydrogens is 516 g/mol. The van der Waals surface area contributed by atoms with Gasteiger partial charge in [0, 0.05) is 71.6 Å². The Labute approximate surface area is 228 Å². The van der Waals surface area contributed by atoms with Gasteiger partial charge in [0.05, 0.1) is 25.7 Å². The number of hydrogen-bond donors (Lipinski definition) is 5. The largest absolute Gasteiger partial charge is 0.481 e. The standard InChI is InChI=1S/C25H44N4O10/c1-2-27(13-5-20(30)4-3-12-28(15-7-22(32)33)16-8-23(34)35)14-6-21(31)26-11-19-29(17-9-24(36)37)18-10-25(38)39/h2-19H2,1H3,(H,26,31)(H,32,33)(H,34,35)(H,36,37)(H,38,39). The molecule has 5 N–H and O–H groups in total. The molecule has 1 amide bonds. The fourth-order valence-corrected chi connectivity index (χ4v) is 3.72. The average Bonchev–Trinajstić information content (AvgIpc) is 2.86. The summed E-state index contributed by atoms with van der Waals surface area (Å²) in [6.45, 7) is 5.39. The molecule has 0 heterocycles. The van der Waals surface area contributed by atoms with Crippen molar-refractivity contribution in [3.8, 4) is 0 Å². The molecule has 14 heteroatoms. The van der Waals surface area contributed by atoms with E-state index in [0.29, 0.717) is 52.0 Å². The van der Waals surface area contributed by atoms with Crippen LogP contribution < -0.4 is 5.32 Å². The zero-order valence-electron chi connectivity index (χ0n) is 22.8. The summed E-state index contributed by atoms with van der Waals surface area (Å²) >= 11 is 0. The number of carboxylic acids is 4. The first-order chi connectivity index (χ1) is 18.4. The Morgan fingerprint density at radius 1 is 0.513 bits per heavy atom. The average molecular weight is 561 g/mol. The summed E-state index contributed by atoms with van der Waals surface area (Å²) in [5, 5.41) is 38.1. The summed E-state index contributed by atoms with van der Waals surface area (Å²) in [4.78, 5) is 73.1. The highest BCUT2D eigenvalue weighted by Crippen LogP contribution is 2.04. The van der Waals surface area contributed by atoms with Crippen LogP contribution in [0.4, 0.5) is 0 Å². The first-order valence-corrected chi connectivity index (χ1v) is 13.3. The Kier molecular flexibility index (Phi) is 20.1. The molecule has 224 valence electrons. The number of ketones is 1. The SMILES string of the molecule is CCN(CCC(=O)CCCN(CCC(=O)O)CCC(=O)O)CCC(=O)NCCN(CCC(=O)O)CCC(=O)O. The summed E-state index contributed by atoms with van der Waals surface area (Å²) in [6, 6.07) is 0. The number of carbonyl (C=O) groups excluding carboxylic acids is 2. The molecule has 0 saturated heterocycles. The van der Waals surface area contributed by atoms with E-state index < -0.39 is 23.9 Å². The van der Waals surface area contributed by atoms with Gasteiger partial charge in [-0.1, -0.05) is 6.92 Å². The fourth-order valence-electron chi connectivity index (χ4n) is 3.72. The molecule has 0 aromatic carbocycles. The minimum atomic E-state index is -0.981. The van der Waals surface area contributed by atoms with Gasteiger partial charge in [-0.2, -0.15) is 0 Å². The maximum Gasteiger partial charge on any atom is 0.304 e. The van der Waals surface area contributed by atoms with Crippen molar-refractivity contribution in [2.75, 3.05) is 65.4 Å². The molecule has 0 aliphatic heterocycles. The van der Waals surface area contributed by atoms with E-state index in [1.807, 2.05) is 11.8 Å². The first kappa shape index (κ1) is 35.9. The van der Waals surface area contributed by atoms with Gasteiger partial charge in [0.2, 0.25) is 5.91 Å². The topological polar surface area (TPSA) is 205 Å². The van der Waals surface area contributed by atoms with E-state index in [1.165, 1.54) is 0 Å². The highest BCUT2D eigenvalue weighted by Gasteiger charge is 2.14. The van der Waals surface area contributed by atoms with Crippen LogP contribution in [0.1, 0.15) is 58.3 Å². The molecule has 0 aliphatic carbocycles. The number of amides is 1. The van der Waals surface area contributed by atoms with Crippen LogP contribution >= 0.6 is 0 Å². The van der Waals surface area contributed by atoms with Crippen LogP contribution in [0, 0.1) is 0 Å². The molecule has 14 nitrogen and oxygen atoms in total. The van der Waals surface area contributed by atoms with Gasteiger partial charge in [0.25, 0.3) is 0 Å². The van der Waals surface area contributed by atoms with E-state index in [-0.39, 0.29) is 76.5 Å². The Bertz CT molecular complexity index is 695. The van der Waals surface area contributed by atoms with Crippen LogP contribution in [0.3, 0.4) is 0 Å². The smallest absolute Gasteiger partial charge is 0.304 e. The highest BCUT2D eigenvalue weighted by molar-refractivity contribution is 5.78. The molecule has 0 fully saturated rings. The number of hydrogen-bond acceptors (Lipinski definition) is 9. The normalized spacial score (nSPS) is 11.2. The Hall–Kier alpha value is -3.10. The molecule has 0 atom stereocenters. The fraction of sp³-hybridized carbons (Fsp3) is 0.760. The summed E-state index contributed by atoms with van der Waals surface area (Å²) in [5.74, 6) is -4.05. The quantitative estimate of drug-likeness (QED) is 0.0950. The number of nitrogens with one attached hydrogen (secondary N) is 1. The van der Waals surface area contributed by atoms with Gasteiger partial charge in [-0.15, -0.1) is 0 Å². The van der Waals surface area contributed by atoms with Crippen molar-refractivity contribution >= 4 is 35.6 Å². The Balaban J connectivity index is 4.31. The third kappa shape index (κ3) is 22.6. The van der Waals surface area contributed by atoms with Gasteiger partial charge in [-0.3, -0.25) is 28.8 Å². The Morgan fingerprint density at radius 3 is 1.36 bits per heavy atom. The number of carbonyl (C=O) groups is 6. The molecule has 39 heavy (non-hydrogen) atoms. The molecule has 0 aromatic heterocycles. The van der Waals surface area contributed by atoms with Gasteiger partial charge >= 0.3 is 23.9 Å². The molecule has 0 aromatic rings. The zero-order chi connectivity index (χ0) is 29.6. The number of carboxylic acid groups (broad SMARTS) is 4. The van der Waals surface area contributed by atoms with E-state index in [2.05, 4.69) is 5.32 Å². The number of nitrogens with zero attached hydrogens (tertiary/aromatic N) is 3. The van der Waals surface area contributed by atoms with Crippen LogP contribution in [0.15, 0.2) is 0 Å². The van der Waals surface area contributed by atoms with E-state index in [0.717, 1.165) is 0 Å². The third-order valence-corrected chi connectivity index (χ3v) is 6.06. The maximum atomic E-state index is 12.3. The number of Topliss-reactive ketones (excluding diaryl/α,β-unsaturated/α-hetero) is 1. The molecular formula is C25H44N4O10. The van der Waals surface area contributed by atoms with Gasteiger partial charge in [0.1, 0.15) is 5.78 Å². The van der Waals surface area contributed by atoms with Crippen molar-refractivity contribution in [1.29, 1.82) is 0 Å². The van der Waals surface area contributed by atoms with Gasteiger partial charge in [-0.25, -0.2) is 0 Å². The van der Waals surface area contributed by atoms with Crippen LogP contribution in [-0.2, 0) is 28.8 Å². The monoisotopic (exact) mass is 560 g/mol. The first-order valence-electron chi connectivity index (χ1n) is 13.3. The summed E-state index contributed by atoms with van der Waals surface area (Å²) in [5.41, 5.74) is 0.